The maximum absolute atomic E-state index is 13.6. The van der Waals surface area contributed by atoms with Crippen LogP contribution in [-0.2, 0) is 10.0 Å². The Bertz CT molecular complexity index is 329. The zero-order chi connectivity index (χ0) is 11.5. The average molecular weight is 230 g/mol. The maximum Gasteiger partial charge on any atom is 0.147 e. The SMILES string of the molecule is CCC(CC)(O[SiH3])c1ccc(F)cc1F. The number of halogens is 2. The van der Waals surface area contributed by atoms with E-state index < -0.39 is 17.2 Å². The summed E-state index contributed by atoms with van der Waals surface area (Å²) in [5.74, 6) is -1.07. The van der Waals surface area contributed by atoms with E-state index in [0.717, 1.165) is 6.07 Å². The second-order valence-corrected chi connectivity index (χ2v) is 3.94. The van der Waals surface area contributed by atoms with Gasteiger partial charge in [-0.25, -0.2) is 8.78 Å². The summed E-state index contributed by atoms with van der Waals surface area (Å²) in [5, 5.41) is 0. The van der Waals surface area contributed by atoms with Crippen LogP contribution in [0.5, 0.6) is 0 Å². The van der Waals surface area contributed by atoms with Gasteiger partial charge >= 0.3 is 0 Å². The Kier molecular flexibility index (Phi) is 3.99. The van der Waals surface area contributed by atoms with E-state index in [2.05, 4.69) is 0 Å². The first-order valence-corrected chi connectivity index (χ1v) is 5.92. The van der Waals surface area contributed by atoms with Gasteiger partial charge in [-0.1, -0.05) is 19.9 Å². The van der Waals surface area contributed by atoms with Crippen molar-refractivity contribution in [3.63, 3.8) is 0 Å². The van der Waals surface area contributed by atoms with Crippen LogP contribution in [0.2, 0.25) is 0 Å². The van der Waals surface area contributed by atoms with Crippen molar-refractivity contribution in [3.8, 4) is 0 Å². The fourth-order valence-corrected chi connectivity index (χ4v) is 2.69. The molecular weight excluding hydrogens is 214 g/mol. The van der Waals surface area contributed by atoms with Gasteiger partial charge in [0.25, 0.3) is 0 Å². The van der Waals surface area contributed by atoms with Crippen LogP contribution in [0.1, 0.15) is 32.3 Å². The molecule has 0 atom stereocenters. The first-order valence-electron chi connectivity index (χ1n) is 5.10. The highest BCUT2D eigenvalue weighted by molar-refractivity contribution is 5.98. The second kappa shape index (κ2) is 4.85. The molecule has 1 rings (SSSR count). The van der Waals surface area contributed by atoms with Crippen LogP contribution < -0.4 is 0 Å². The molecule has 0 saturated heterocycles. The Morgan fingerprint density at radius 3 is 2.27 bits per heavy atom. The van der Waals surface area contributed by atoms with Gasteiger partial charge in [-0.15, -0.1) is 0 Å². The van der Waals surface area contributed by atoms with Crippen LogP contribution in [0.25, 0.3) is 0 Å². The van der Waals surface area contributed by atoms with Crippen molar-refractivity contribution in [1.29, 1.82) is 0 Å². The third-order valence-corrected chi connectivity index (χ3v) is 3.74. The van der Waals surface area contributed by atoms with E-state index in [1.165, 1.54) is 12.1 Å². The molecule has 0 fully saturated rings. The standard InChI is InChI=1S/C11H16F2OSi/c1-3-11(4-2,14-15)9-6-5-8(12)7-10(9)13/h5-7H,3-4H2,1-2,15H3. The highest BCUT2D eigenvalue weighted by Crippen LogP contribution is 2.33. The lowest BCUT2D eigenvalue weighted by molar-refractivity contribution is 0.0643. The normalized spacial score (nSPS) is 12.0. The van der Waals surface area contributed by atoms with Crippen LogP contribution in [-0.4, -0.2) is 10.5 Å². The van der Waals surface area contributed by atoms with Crippen LogP contribution in [0, 0.1) is 11.6 Å². The molecule has 0 unspecified atom stereocenters. The van der Waals surface area contributed by atoms with E-state index in [1.54, 1.807) is 0 Å². The Hall–Kier alpha value is -0.743. The largest absolute Gasteiger partial charge is 0.418 e. The molecule has 0 radical (unpaired) electrons. The second-order valence-electron chi connectivity index (χ2n) is 3.53. The molecule has 4 heteroatoms. The number of hydrogen-bond donors (Lipinski definition) is 0. The molecule has 15 heavy (non-hydrogen) atoms. The quantitative estimate of drug-likeness (QED) is 0.721. The lowest BCUT2D eigenvalue weighted by atomic mass is 9.88. The first-order chi connectivity index (χ1) is 7.09. The number of benzene rings is 1. The molecule has 1 aromatic rings. The van der Waals surface area contributed by atoms with E-state index in [0.29, 0.717) is 28.9 Å². The average Bonchev–Trinajstić information content (AvgIpc) is 2.23. The molecule has 0 bridgehead atoms. The predicted octanol–water partition coefficient (Wildman–Crippen LogP) is 2.28. The molecular formula is C11H16F2OSi. The molecule has 0 aliphatic carbocycles. The topological polar surface area (TPSA) is 9.23 Å². The van der Waals surface area contributed by atoms with Gasteiger partial charge in [0.1, 0.15) is 22.1 Å². The van der Waals surface area contributed by atoms with Gasteiger partial charge in [-0.3, -0.25) is 0 Å². The summed E-state index contributed by atoms with van der Waals surface area (Å²) in [6, 6.07) is 3.67. The molecule has 0 saturated carbocycles. The molecule has 0 aromatic heterocycles. The van der Waals surface area contributed by atoms with Crippen molar-refractivity contribution in [2.75, 3.05) is 0 Å². The minimum absolute atomic E-state index is 0.462. The highest BCUT2D eigenvalue weighted by Gasteiger charge is 2.30. The molecule has 1 nitrogen and oxygen atoms in total. The minimum atomic E-state index is -0.579. The fourth-order valence-electron chi connectivity index (χ4n) is 1.89. The van der Waals surface area contributed by atoms with Crippen molar-refractivity contribution >= 4 is 10.5 Å². The monoisotopic (exact) mass is 230 g/mol. The van der Waals surface area contributed by atoms with Gasteiger partial charge in [0.15, 0.2) is 0 Å². The third-order valence-electron chi connectivity index (χ3n) is 2.95. The van der Waals surface area contributed by atoms with Crippen LogP contribution in [0.4, 0.5) is 8.78 Å². The molecule has 84 valence electrons. The van der Waals surface area contributed by atoms with Crippen molar-refractivity contribution < 1.29 is 13.2 Å². The van der Waals surface area contributed by atoms with Crippen molar-refractivity contribution in [2.24, 2.45) is 0 Å². The van der Waals surface area contributed by atoms with E-state index in [1.807, 2.05) is 13.8 Å². The van der Waals surface area contributed by atoms with Crippen LogP contribution in [0.3, 0.4) is 0 Å². The number of rotatable bonds is 4. The summed E-state index contributed by atoms with van der Waals surface area (Å²) < 4.78 is 31.9. The van der Waals surface area contributed by atoms with Gasteiger partial charge in [-0.2, -0.15) is 0 Å². The van der Waals surface area contributed by atoms with Gasteiger partial charge in [0.2, 0.25) is 0 Å². The predicted molar refractivity (Wildman–Crippen MR) is 59.6 cm³/mol. The summed E-state index contributed by atoms with van der Waals surface area (Å²) in [7, 11) is 0.536. The lowest BCUT2D eigenvalue weighted by Gasteiger charge is -2.31. The van der Waals surface area contributed by atoms with Crippen molar-refractivity contribution in [2.45, 2.75) is 32.3 Å². The molecule has 0 aliphatic rings. The Morgan fingerprint density at radius 2 is 1.87 bits per heavy atom. The summed E-state index contributed by atoms with van der Waals surface area (Å²) in [6.07, 6.45) is 1.38. The minimum Gasteiger partial charge on any atom is -0.418 e. The van der Waals surface area contributed by atoms with Gasteiger partial charge in [0.05, 0.1) is 5.60 Å². The van der Waals surface area contributed by atoms with E-state index >= 15 is 0 Å². The smallest absolute Gasteiger partial charge is 0.147 e. The van der Waals surface area contributed by atoms with Crippen LogP contribution in [0.15, 0.2) is 18.2 Å². The van der Waals surface area contributed by atoms with Gasteiger partial charge in [0, 0.05) is 11.6 Å². The number of hydrogen-bond acceptors (Lipinski definition) is 1. The van der Waals surface area contributed by atoms with Crippen molar-refractivity contribution in [3.05, 3.63) is 35.4 Å². The van der Waals surface area contributed by atoms with Gasteiger partial charge in [-0.05, 0) is 18.9 Å². The van der Waals surface area contributed by atoms with Gasteiger partial charge < -0.3 is 4.43 Å². The third kappa shape index (κ3) is 2.26. The molecule has 1 aromatic carbocycles. The van der Waals surface area contributed by atoms with E-state index in [-0.39, 0.29) is 0 Å². The Labute approximate surface area is 92.0 Å². The van der Waals surface area contributed by atoms with Crippen LogP contribution >= 0.6 is 0 Å². The Balaban J connectivity index is 3.22. The molecule has 0 aliphatic heterocycles. The molecule has 0 N–H and O–H groups in total. The molecule has 0 heterocycles. The van der Waals surface area contributed by atoms with E-state index in [4.69, 9.17) is 4.43 Å². The molecule has 0 amide bonds. The molecule has 0 spiro atoms. The fraction of sp³-hybridized carbons (Fsp3) is 0.455. The summed E-state index contributed by atoms with van der Waals surface area (Å²) in [6.45, 7) is 3.90. The summed E-state index contributed by atoms with van der Waals surface area (Å²) in [4.78, 5) is 0. The maximum atomic E-state index is 13.6. The van der Waals surface area contributed by atoms with Crippen molar-refractivity contribution in [1.82, 2.24) is 0 Å². The first kappa shape index (κ1) is 12.3. The van der Waals surface area contributed by atoms with E-state index in [9.17, 15) is 8.78 Å². The lowest BCUT2D eigenvalue weighted by Crippen LogP contribution is -2.28. The zero-order valence-electron chi connectivity index (χ0n) is 9.31. The summed E-state index contributed by atoms with van der Waals surface area (Å²) >= 11 is 0. The Morgan fingerprint density at radius 1 is 1.27 bits per heavy atom. The zero-order valence-corrected chi connectivity index (χ0v) is 11.3. The summed E-state index contributed by atoms with van der Waals surface area (Å²) in [5.41, 5.74) is -0.117. The highest BCUT2D eigenvalue weighted by atomic mass is 28.2.